The van der Waals surface area contributed by atoms with Gasteiger partial charge < -0.3 is 4.90 Å². The highest BCUT2D eigenvalue weighted by Crippen LogP contribution is 2.36. The van der Waals surface area contributed by atoms with Gasteiger partial charge in [-0.1, -0.05) is 0 Å². The van der Waals surface area contributed by atoms with Crippen LogP contribution in [0, 0.1) is 6.92 Å². The third-order valence-electron chi connectivity index (χ3n) is 5.09. The van der Waals surface area contributed by atoms with Crippen molar-refractivity contribution >= 4 is 34.7 Å². The van der Waals surface area contributed by atoms with E-state index in [2.05, 4.69) is 30.0 Å². The minimum absolute atomic E-state index is 0.000419. The van der Waals surface area contributed by atoms with Crippen LogP contribution in [-0.4, -0.2) is 61.6 Å². The normalized spacial score (nSPS) is 14.5. The van der Waals surface area contributed by atoms with Gasteiger partial charge in [-0.05, 0) is 39.2 Å². The summed E-state index contributed by atoms with van der Waals surface area (Å²) in [5, 5.41) is 4.33. The van der Waals surface area contributed by atoms with E-state index in [1.807, 2.05) is 18.7 Å². The fourth-order valence-corrected chi connectivity index (χ4v) is 4.04. The first-order chi connectivity index (χ1) is 15.8. The number of thioether (sulfide) groups is 1. The third kappa shape index (κ3) is 4.22. The van der Waals surface area contributed by atoms with Crippen molar-refractivity contribution in [2.45, 2.75) is 32.0 Å². The molecule has 0 atom stereocenters. The molecule has 0 unspecified atom stereocenters. The molecule has 0 amide bonds. The number of alkyl halides is 3. The number of halogens is 3. The maximum Gasteiger partial charge on any atom is 0.437 e. The molecule has 172 valence electrons. The average Bonchev–Trinajstić information content (AvgIpc) is 3.33. The maximum absolute atomic E-state index is 13.9. The molecule has 0 saturated carbocycles. The van der Waals surface area contributed by atoms with Crippen molar-refractivity contribution < 1.29 is 13.2 Å². The molecule has 0 radical (unpaired) electrons. The Morgan fingerprint density at radius 1 is 1.12 bits per heavy atom. The van der Waals surface area contributed by atoms with E-state index in [1.165, 1.54) is 30.4 Å². The summed E-state index contributed by atoms with van der Waals surface area (Å²) in [6, 6.07) is 3.42. The molecule has 0 aromatic carbocycles. The minimum Gasteiger partial charge on any atom is -0.357 e. The molecule has 4 heterocycles. The monoisotopic (exact) mass is 474 g/mol. The predicted octanol–water partition coefficient (Wildman–Crippen LogP) is 4.51. The summed E-state index contributed by atoms with van der Waals surface area (Å²) >= 11 is 1.28. The molecule has 0 fully saturated rings. The van der Waals surface area contributed by atoms with Crippen molar-refractivity contribution in [1.29, 1.82) is 0 Å². The number of hydrogen-bond donors (Lipinski definition) is 0. The van der Waals surface area contributed by atoms with E-state index in [0.717, 1.165) is 23.6 Å². The molecule has 0 saturated heterocycles. The molecule has 4 rings (SSSR count). The summed E-state index contributed by atoms with van der Waals surface area (Å²) in [5.41, 5.74) is 0.0694. The van der Waals surface area contributed by atoms with Crippen molar-refractivity contribution in [3.63, 3.8) is 0 Å². The van der Waals surface area contributed by atoms with Gasteiger partial charge in [-0.2, -0.15) is 18.3 Å². The van der Waals surface area contributed by atoms with Gasteiger partial charge >= 0.3 is 6.18 Å². The zero-order valence-corrected chi connectivity index (χ0v) is 19.2. The Bertz CT molecular complexity index is 1230. The summed E-state index contributed by atoms with van der Waals surface area (Å²) in [4.78, 5) is 23.6. The Labute approximate surface area is 192 Å². The second-order valence-corrected chi connectivity index (χ2v) is 7.84. The van der Waals surface area contributed by atoms with Crippen LogP contribution in [-0.2, 0) is 0 Å². The fraction of sp³-hybridized carbons (Fsp3) is 0.333. The van der Waals surface area contributed by atoms with Crippen molar-refractivity contribution in [1.82, 2.24) is 24.6 Å². The highest BCUT2D eigenvalue weighted by atomic mass is 32.2. The molecule has 0 N–H and O–H groups in total. The lowest BCUT2D eigenvalue weighted by Gasteiger charge is -2.20. The zero-order chi connectivity index (χ0) is 23.8. The summed E-state index contributed by atoms with van der Waals surface area (Å²) in [6.45, 7) is 7.27. The van der Waals surface area contributed by atoms with Gasteiger partial charge in [0.1, 0.15) is 27.9 Å². The van der Waals surface area contributed by atoms with Gasteiger partial charge in [-0.15, -0.1) is 11.8 Å². The largest absolute Gasteiger partial charge is 0.437 e. The van der Waals surface area contributed by atoms with Crippen molar-refractivity contribution in [3.8, 4) is 11.4 Å². The number of rotatable bonds is 6. The van der Waals surface area contributed by atoms with Gasteiger partial charge in [0.2, 0.25) is 0 Å². The Hall–Kier alpha value is -3.28. The lowest BCUT2D eigenvalue weighted by molar-refractivity contribution is -0.0567. The lowest BCUT2D eigenvalue weighted by Crippen LogP contribution is -2.29. The number of pyridine rings is 1. The van der Waals surface area contributed by atoms with Gasteiger partial charge in [0.15, 0.2) is 11.5 Å². The van der Waals surface area contributed by atoms with Crippen LogP contribution < -0.4 is 4.90 Å². The first-order valence-corrected chi connectivity index (χ1v) is 11.4. The topological polar surface area (TPSA) is 84.5 Å². The van der Waals surface area contributed by atoms with Crippen LogP contribution in [0.25, 0.3) is 11.4 Å². The SMILES string of the molecule is CCN(CC)c1ccc(N=C2C(C(F)(F)F)=Nn3c2nc(SC)c3-c2cnccn2)c(C)n1. The fourth-order valence-electron chi connectivity index (χ4n) is 3.48. The van der Waals surface area contributed by atoms with Crippen molar-refractivity contribution in [2.24, 2.45) is 10.1 Å². The molecule has 3 aromatic heterocycles. The average molecular weight is 475 g/mol. The Morgan fingerprint density at radius 3 is 2.45 bits per heavy atom. The van der Waals surface area contributed by atoms with Gasteiger partial charge in [-0.25, -0.2) is 19.6 Å². The molecule has 33 heavy (non-hydrogen) atoms. The summed E-state index contributed by atoms with van der Waals surface area (Å²) in [6.07, 6.45) is 1.47. The second kappa shape index (κ2) is 8.93. The number of anilines is 1. The van der Waals surface area contributed by atoms with E-state index in [4.69, 9.17) is 0 Å². The number of aliphatic imine (C=N–C) groups is 1. The van der Waals surface area contributed by atoms with Crippen LogP contribution >= 0.6 is 11.8 Å². The molecule has 0 bridgehead atoms. The molecule has 0 spiro atoms. The lowest BCUT2D eigenvalue weighted by atomic mass is 10.2. The predicted molar refractivity (Wildman–Crippen MR) is 123 cm³/mol. The number of imidazole rings is 1. The number of aromatic nitrogens is 5. The number of hydrogen-bond acceptors (Lipinski definition) is 8. The van der Waals surface area contributed by atoms with E-state index in [1.54, 1.807) is 25.3 Å². The second-order valence-electron chi connectivity index (χ2n) is 7.05. The van der Waals surface area contributed by atoms with Crippen LogP contribution in [0.4, 0.5) is 24.7 Å². The third-order valence-corrected chi connectivity index (χ3v) is 5.76. The Morgan fingerprint density at radius 2 is 1.88 bits per heavy atom. The molecule has 8 nitrogen and oxygen atoms in total. The first-order valence-electron chi connectivity index (χ1n) is 10.2. The van der Waals surface area contributed by atoms with Gasteiger partial charge in [-0.3, -0.25) is 9.97 Å². The van der Waals surface area contributed by atoms with Crippen LogP contribution in [0.1, 0.15) is 25.4 Å². The van der Waals surface area contributed by atoms with Crippen LogP contribution in [0.5, 0.6) is 0 Å². The molecule has 12 heteroatoms. The highest BCUT2D eigenvalue weighted by molar-refractivity contribution is 7.98. The van der Waals surface area contributed by atoms with E-state index in [-0.39, 0.29) is 11.5 Å². The highest BCUT2D eigenvalue weighted by Gasteiger charge is 2.46. The van der Waals surface area contributed by atoms with E-state index >= 15 is 0 Å². The van der Waals surface area contributed by atoms with Gasteiger partial charge in [0.05, 0.1) is 17.6 Å². The van der Waals surface area contributed by atoms with E-state index in [9.17, 15) is 13.2 Å². The number of fused-ring (bicyclic) bond motifs is 1. The van der Waals surface area contributed by atoms with Crippen LogP contribution in [0.15, 0.2) is 45.8 Å². The minimum atomic E-state index is -4.72. The van der Waals surface area contributed by atoms with E-state index in [0.29, 0.717) is 27.8 Å². The van der Waals surface area contributed by atoms with E-state index < -0.39 is 11.9 Å². The molecule has 0 aliphatic carbocycles. The molecular formula is C21H21F3N8S. The van der Waals surface area contributed by atoms with Gasteiger partial charge in [0, 0.05) is 25.5 Å². The molecule has 3 aromatic rings. The van der Waals surface area contributed by atoms with Crippen molar-refractivity contribution in [2.75, 3.05) is 24.2 Å². The zero-order valence-electron chi connectivity index (χ0n) is 18.4. The molecule has 1 aliphatic heterocycles. The first kappa shape index (κ1) is 22.9. The Balaban J connectivity index is 1.88. The molecule has 1 aliphatic rings. The summed E-state index contributed by atoms with van der Waals surface area (Å²) < 4.78 is 42.9. The van der Waals surface area contributed by atoms with Crippen LogP contribution in [0.2, 0.25) is 0 Å². The smallest absolute Gasteiger partial charge is 0.357 e. The quantitative estimate of drug-likeness (QED) is 0.489. The van der Waals surface area contributed by atoms with Crippen molar-refractivity contribution in [3.05, 3.63) is 42.2 Å². The Kier molecular flexibility index (Phi) is 6.19. The summed E-state index contributed by atoms with van der Waals surface area (Å²) in [7, 11) is 0. The number of nitrogens with zero attached hydrogens (tertiary/aromatic N) is 8. The maximum atomic E-state index is 13.9. The van der Waals surface area contributed by atoms with Crippen LogP contribution in [0.3, 0.4) is 0 Å². The number of aryl methyl sites for hydroxylation is 1. The molecular weight excluding hydrogens is 453 g/mol. The van der Waals surface area contributed by atoms with Gasteiger partial charge in [0.25, 0.3) is 0 Å². The standard InChI is InChI=1S/C21H21F3N8S/c1-5-31(6-2)15-8-7-13(12(3)27-15)28-16-18(21(22,23)24)30-32-17(14-11-25-9-10-26-14)20(33-4)29-19(16)32/h7-11H,5-6H2,1-4H3. The summed E-state index contributed by atoms with van der Waals surface area (Å²) in [5.74, 6) is 0.744.